The minimum absolute atomic E-state index is 0.0288. The van der Waals surface area contributed by atoms with Gasteiger partial charge in [0.1, 0.15) is 6.04 Å². The summed E-state index contributed by atoms with van der Waals surface area (Å²) in [7, 11) is -4.14. The van der Waals surface area contributed by atoms with E-state index in [0.29, 0.717) is 0 Å². The number of carbonyl (C=O) groups is 1. The van der Waals surface area contributed by atoms with Crippen molar-refractivity contribution in [3.63, 3.8) is 0 Å². The summed E-state index contributed by atoms with van der Waals surface area (Å²) in [4.78, 5) is 20.7. The Bertz CT molecular complexity index is 641. The summed E-state index contributed by atoms with van der Waals surface area (Å²) >= 11 is 0. The van der Waals surface area contributed by atoms with Gasteiger partial charge in [0.2, 0.25) is 10.0 Å². The van der Waals surface area contributed by atoms with Crippen LogP contribution in [0.4, 0.5) is 5.69 Å². The second-order valence-corrected chi connectivity index (χ2v) is 6.61. The molecule has 1 aromatic carbocycles. The maximum absolute atomic E-state index is 12.1. The number of benzene rings is 1. The summed E-state index contributed by atoms with van der Waals surface area (Å²) in [6.07, 6.45) is 0.115. The number of sulfonamides is 1. The standard InChI is InChI=1S/C12H16N2O6S/c1-8(2)6-11(12(15)16)13-21(19,20)10-5-3-4-9(7-10)14(17)18/h3-5,7-8,11,13H,6H2,1-2H3,(H,15,16). The number of nitro benzene ring substituents is 1. The van der Waals surface area contributed by atoms with Gasteiger partial charge in [0.25, 0.3) is 5.69 Å². The average Bonchev–Trinajstić information content (AvgIpc) is 2.37. The second-order valence-electron chi connectivity index (χ2n) is 4.90. The number of rotatable bonds is 7. The van der Waals surface area contributed by atoms with Crippen LogP contribution in [0.2, 0.25) is 0 Å². The fourth-order valence-corrected chi connectivity index (χ4v) is 2.93. The van der Waals surface area contributed by atoms with E-state index in [2.05, 4.69) is 4.72 Å². The van der Waals surface area contributed by atoms with E-state index in [1.54, 1.807) is 13.8 Å². The van der Waals surface area contributed by atoms with E-state index >= 15 is 0 Å². The molecule has 0 saturated heterocycles. The molecule has 0 aromatic heterocycles. The number of carboxylic acids is 1. The predicted molar refractivity (Wildman–Crippen MR) is 74.3 cm³/mol. The molecule has 0 fully saturated rings. The first-order valence-electron chi connectivity index (χ1n) is 6.13. The Morgan fingerprint density at radius 3 is 2.52 bits per heavy atom. The Kier molecular flexibility index (Phi) is 5.39. The van der Waals surface area contributed by atoms with Crippen molar-refractivity contribution >= 4 is 21.7 Å². The number of nitrogens with zero attached hydrogens (tertiary/aromatic N) is 1. The van der Waals surface area contributed by atoms with E-state index in [1.165, 1.54) is 12.1 Å². The Balaban J connectivity index is 3.07. The molecule has 0 saturated carbocycles. The van der Waals surface area contributed by atoms with Gasteiger partial charge in [-0.25, -0.2) is 8.42 Å². The summed E-state index contributed by atoms with van der Waals surface area (Å²) in [5.41, 5.74) is -0.381. The Morgan fingerprint density at radius 2 is 2.05 bits per heavy atom. The van der Waals surface area contributed by atoms with Crippen LogP contribution in [-0.4, -0.2) is 30.5 Å². The van der Waals surface area contributed by atoms with Crippen molar-refractivity contribution in [2.24, 2.45) is 5.92 Å². The topological polar surface area (TPSA) is 127 Å². The summed E-state index contributed by atoms with van der Waals surface area (Å²) < 4.78 is 26.3. The van der Waals surface area contributed by atoms with Crippen molar-refractivity contribution in [1.29, 1.82) is 0 Å². The van der Waals surface area contributed by atoms with Gasteiger partial charge in [0.05, 0.1) is 9.82 Å². The van der Waals surface area contributed by atoms with E-state index in [1.807, 2.05) is 0 Å². The van der Waals surface area contributed by atoms with E-state index in [0.717, 1.165) is 12.1 Å². The van der Waals surface area contributed by atoms with Crippen molar-refractivity contribution < 1.29 is 23.2 Å². The molecular weight excluding hydrogens is 300 g/mol. The lowest BCUT2D eigenvalue weighted by molar-refractivity contribution is -0.385. The van der Waals surface area contributed by atoms with Crippen molar-refractivity contribution in [2.45, 2.75) is 31.2 Å². The van der Waals surface area contributed by atoms with Gasteiger partial charge in [-0.3, -0.25) is 14.9 Å². The molecule has 8 nitrogen and oxygen atoms in total. The lowest BCUT2D eigenvalue weighted by Crippen LogP contribution is -2.41. The smallest absolute Gasteiger partial charge is 0.321 e. The van der Waals surface area contributed by atoms with Gasteiger partial charge in [-0.05, 0) is 18.4 Å². The highest BCUT2D eigenvalue weighted by atomic mass is 32.2. The first-order chi connectivity index (χ1) is 9.63. The highest BCUT2D eigenvalue weighted by Gasteiger charge is 2.27. The van der Waals surface area contributed by atoms with Gasteiger partial charge in [0.15, 0.2) is 0 Å². The molecule has 1 atom stereocenters. The highest BCUT2D eigenvalue weighted by molar-refractivity contribution is 7.89. The van der Waals surface area contributed by atoms with E-state index in [-0.39, 0.29) is 22.9 Å². The second kappa shape index (κ2) is 6.64. The monoisotopic (exact) mass is 316 g/mol. The third kappa shape index (κ3) is 4.80. The van der Waals surface area contributed by atoms with Crippen LogP contribution in [0.1, 0.15) is 20.3 Å². The number of hydrogen-bond acceptors (Lipinski definition) is 5. The fraction of sp³-hybridized carbons (Fsp3) is 0.417. The number of hydrogen-bond donors (Lipinski definition) is 2. The lowest BCUT2D eigenvalue weighted by atomic mass is 10.1. The first-order valence-corrected chi connectivity index (χ1v) is 7.61. The molecule has 1 aromatic rings. The van der Waals surface area contributed by atoms with Gasteiger partial charge in [0, 0.05) is 12.1 Å². The van der Waals surface area contributed by atoms with E-state index in [9.17, 15) is 23.3 Å². The summed E-state index contributed by atoms with van der Waals surface area (Å²) in [5.74, 6) is -1.32. The van der Waals surface area contributed by atoms with Gasteiger partial charge in [-0.15, -0.1) is 0 Å². The quantitative estimate of drug-likeness (QED) is 0.578. The maximum Gasteiger partial charge on any atom is 0.321 e. The van der Waals surface area contributed by atoms with Crippen LogP contribution in [0, 0.1) is 16.0 Å². The van der Waals surface area contributed by atoms with Crippen LogP contribution in [0.5, 0.6) is 0 Å². The summed E-state index contributed by atoms with van der Waals surface area (Å²) in [6.45, 7) is 3.52. The largest absolute Gasteiger partial charge is 0.480 e. The van der Waals surface area contributed by atoms with Gasteiger partial charge in [-0.1, -0.05) is 19.9 Å². The molecule has 0 aliphatic heterocycles. The van der Waals surface area contributed by atoms with Crippen LogP contribution >= 0.6 is 0 Å². The molecule has 1 rings (SSSR count). The lowest BCUT2D eigenvalue weighted by Gasteiger charge is -2.16. The van der Waals surface area contributed by atoms with Crippen LogP contribution in [-0.2, 0) is 14.8 Å². The molecule has 0 spiro atoms. The van der Waals surface area contributed by atoms with Crippen molar-refractivity contribution in [1.82, 2.24) is 4.72 Å². The van der Waals surface area contributed by atoms with E-state index < -0.39 is 27.0 Å². The number of carboxylic acid groups (broad SMARTS) is 1. The zero-order valence-electron chi connectivity index (χ0n) is 11.5. The number of nitro groups is 1. The Labute approximate surface area is 122 Å². The molecule has 0 amide bonds. The zero-order chi connectivity index (χ0) is 16.2. The van der Waals surface area contributed by atoms with Crippen LogP contribution in [0.25, 0.3) is 0 Å². The summed E-state index contributed by atoms with van der Waals surface area (Å²) in [6, 6.07) is 3.15. The normalized spacial score (nSPS) is 13.1. The molecule has 21 heavy (non-hydrogen) atoms. The molecule has 0 radical (unpaired) electrons. The Hall–Kier alpha value is -2.00. The van der Waals surface area contributed by atoms with Gasteiger partial charge in [-0.2, -0.15) is 4.72 Å². The third-order valence-electron chi connectivity index (χ3n) is 2.64. The molecule has 1 unspecified atom stereocenters. The summed E-state index contributed by atoms with van der Waals surface area (Å²) in [5, 5.41) is 19.7. The molecule has 9 heteroatoms. The van der Waals surface area contributed by atoms with Crippen molar-refractivity contribution in [2.75, 3.05) is 0 Å². The van der Waals surface area contributed by atoms with Gasteiger partial charge >= 0.3 is 5.97 Å². The van der Waals surface area contributed by atoms with Crippen LogP contribution in [0.3, 0.4) is 0 Å². The zero-order valence-corrected chi connectivity index (χ0v) is 12.3. The van der Waals surface area contributed by atoms with E-state index in [4.69, 9.17) is 5.11 Å². The minimum atomic E-state index is -4.14. The molecule has 0 heterocycles. The maximum atomic E-state index is 12.1. The number of non-ortho nitro benzene ring substituents is 1. The fourth-order valence-electron chi connectivity index (χ4n) is 1.69. The van der Waals surface area contributed by atoms with Crippen molar-refractivity contribution in [3.05, 3.63) is 34.4 Å². The number of nitrogens with one attached hydrogen (secondary N) is 1. The van der Waals surface area contributed by atoms with Crippen LogP contribution in [0.15, 0.2) is 29.2 Å². The molecule has 116 valence electrons. The highest BCUT2D eigenvalue weighted by Crippen LogP contribution is 2.18. The van der Waals surface area contributed by atoms with Crippen molar-refractivity contribution in [3.8, 4) is 0 Å². The molecule has 0 aliphatic rings. The predicted octanol–water partition coefficient (Wildman–Crippen LogP) is 1.37. The molecule has 2 N–H and O–H groups in total. The van der Waals surface area contributed by atoms with Gasteiger partial charge < -0.3 is 5.11 Å². The SMILES string of the molecule is CC(C)CC(NS(=O)(=O)c1cccc([N+](=O)[O-])c1)C(=O)O. The third-order valence-corrected chi connectivity index (χ3v) is 4.11. The Morgan fingerprint density at radius 1 is 1.43 bits per heavy atom. The average molecular weight is 316 g/mol. The molecular formula is C12H16N2O6S. The molecule has 0 bridgehead atoms. The first kappa shape index (κ1) is 17.1. The molecule has 0 aliphatic carbocycles. The van der Waals surface area contributed by atoms with Crippen LogP contribution < -0.4 is 4.72 Å². The number of aliphatic carboxylic acids is 1. The minimum Gasteiger partial charge on any atom is -0.480 e.